The van der Waals surface area contributed by atoms with E-state index in [0.717, 1.165) is 5.56 Å². The van der Waals surface area contributed by atoms with Gasteiger partial charge in [-0.3, -0.25) is 9.59 Å². The predicted molar refractivity (Wildman–Crippen MR) is 100.0 cm³/mol. The van der Waals surface area contributed by atoms with Gasteiger partial charge in [-0.15, -0.1) is 0 Å². The van der Waals surface area contributed by atoms with Gasteiger partial charge in [-0.1, -0.05) is 61.0 Å². The van der Waals surface area contributed by atoms with Crippen molar-refractivity contribution in [2.45, 2.75) is 13.5 Å². The van der Waals surface area contributed by atoms with Gasteiger partial charge in [0.05, 0.1) is 18.1 Å². The van der Waals surface area contributed by atoms with E-state index < -0.39 is 5.92 Å². The van der Waals surface area contributed by atoms with Gasteiger partial charge in [-0.25, -0.2) is 0 Å². The number of methoxy groups -OCH3 is 1. The molecule has 0 bridgehead atoms. The van der Waals surface area contributed by atoms with Crippen LogP contribution in [0.4, 0.5) is 0 Å². The first kappa shape index (κ1) is 19.8. The summed E-state index contributed by atoms with van der Waals surface area (Å²) in [5, 5.41) is 0.442. The molecule has 0 radical (unpaired) electrons. The highest BCUT2D eigenvalue weighted by Crippen LogP contribution is 2.23. The van der Waals surface area contributed by atoms with Crippen LogP contribution in [0, 0.1) is 5.92 Å². The Morgan fingerprint density at radius 3 is 2.38 bits per heavy atom. The van der Waals surface area contributed by atoms with E-state index in [1.807, 2.05) is 30.3 Å². The highest BCUT2D eigenvalue weighted by molar-refractivity contribution is 6.32. The SMILES string of the molecule is COC(=O)C(C)CN(Cc1ccccc1)C(=O)COc1ccccc1Cl. The number of amides is 1. The molecule has 0 heterocycles. The number of carbonyl (C=O) groups is 2. The largest absolute Gasteiger partial charge is 0.482 e. The monoisotopic (exact) mass is 375 g/mol. The van der Waals surface area contributed by atoms with E-state index in [1.54, 1.807) is 36.1 Å². The van der Waals surface area contributed by atoms with Gasteiger partial charge in [0, 0.05) is 13.1 Å². The van der Waals surface area contributed by atoms with Crippen molar-refractivity contribution in [3.05, 3.63) is 65.2 Å². The van der Waals surface area contributed by atoms with Crippen molar-refractivity contribution in [2.75, 3.05) is 20.3 Å². The molecule has 0 aliphatic heterocycles. The summed E-state index contributed by atoms with van der Waals surface area (Å²) >= 11 is 6.05. The first-order valence-electron chi connectivity index (χ1n) is 8.28. The lowest BCUT2D eigenvalue weighted by atomic mass is 10.1. The molecule has 2 aromatic carbocycles. The molecule has 0 fully saturated rings. The fourth-order valence-electron chi connectivity index (χ4n) is 2.46. The quantitative estimate of drug-likeness (QED) is 0.662. The fraction of sp³-hybridized carbons (Fsp3) is 0.300. The van der Waals surface area contributed by atoms with E-state index in [9.17, 15) is 9.59 Å². The molecule has 0 saturated carbocycles. The first-order valence-corrected chi connectivity index (χ1v) is 8.66. The Hall–Kier alpha value is -2.53. The number of halogens is 1. The molecular weight excluding hydrogens is 354 g/mol. The van der Waals surface area contributed by atoms with Crippen LogP contribution in [0.5, 0.6) is 5.75 Å². The second kappa shape index (κ2) is 9.82. The van der Waals surface area contributed by atoms with Crippen LogP contribution in [-0.2, 0) is 20.9 Å². The topological polar surface area (TPSA) is 55.8 Å². The summed E-state index contributed by atoms with van der Waals surface area (Å²) < 4.78 is 10.3. The molecule has 0 N–H and O–H groups in total. The predicted octanol–water partition coefficient (Wildman–Crippen LogP) is 3.56. The van der Waals surface area contributed by atoms with Crippen molar-refractivity contribution in [3.8, 4) is 5.75 Å². The normalized spacial score (nSPS) is 11.5. The number of hydrogen-bond donors (Lipinski definition) is 0. The second-order valence-corrected chi connectivity index (χ2v) is 6.31. The molecule has 5 nitrogen and oxygen atoms in total. The first-order chi connectivity index (χ1) is 12.5. The van der Waals surface area contributed by atoms with Crippen LogP contribution < -0.4 is 4.74 Å². The van der Waals surface area contributed by atoms with Gasteiger partial charge in [0.15, 0.2) is 6.61 Å². The molecule has 26 heavy (non-hydrogen) atoms. The highest BCUT2D eigenvalue weighted by atomic mass is 35.5. The molecule has 0 spiro atoms. The Kier molecular flexibility index (Phi) is 7.48. The van der Waals surface area contributed by atoms with Gasteiger partial charge in [-0.2, -0.15) is 0 Å². The highest BCUT2D eigenvalue weighted by Gasteiger charge is 2.22. The van der Waals surface area contributed by atoms with Crippen LogP contribution in [0.1, 0.15) is 12.5 Å². The van der Waals surface area contributed by atoms with E-state index in [2.05, 4.69) is 0 Å². The van der Waals surface area contributed by atoms with Gasteiger partial charge >= 0.3 is 5.97 Å². The third kappa shape index (κ3) is 5.77. The van der Waals surface area contributed by atoms with E-state index in [-0.39, 0.29) is 25.0 Å². The minimum atomic E-state index is -0.437. The lowest BCUT2D eigenvalue weighted by Gasteiger charge is -2.25. The number of carbonyl (C=O) groups excluding carboxylic acids is 2. The molecule has 1 atom stereocenters. The van der Waals surface area contributed by atoms with E-state index in [4.69, 9.17) is 21.1 Å². The Bertz CT molecular complexity index is 736. The molecule has 0 aliphatic carbocycles. The number of nitrogens with zero attached hydrogens (tertiary/aromatic N) is 1. The molecule has 1 amide bonds. The summed E-state index contributed by atoms with van der Waals surface area (Å²) in [7, 11) is 1.34. The van der Waals surface area contributed by atoms with Crippen LogP contribution in [0.3, 0.4) is 0 Å². The minimum absolute atomic E-state index is 0.162. The Labute approximate surface area is 158 Å². The summed E-state index contributed by atoms with van der Waals surface area (Å²) in [6, 6.07) is 16.5. The average molecular weight is 376 g/mol. The van der Waals surface area contributed by atoms with Gasteiger partial charge < -0.3 is 14.4 Å². The van der Waals surface area contributed by atoms with Crippen LogP contribution in [0.15, 0.2) is 54.6 Å². The summed E-state index contributed by atoms with van der Waals surface area (Å²) in [6.07, 6.45) is 0. The van der Waals surface area contributed by atoms with E-state index >= 15 is 0 Å². The molecular formula is C20H22ClNO4. The second-order valence-electron chi connectivity index (χ2n) is 5.90. The Morgan fingerprint density at radius 1 is 1.08 bits per heavy atom. The number of hydrogen-bond acceptors (Lipinski definition) is 4. The van der Waals surface area contributed by atoms with Crippen LogP contribution in [-0.4, -0.2) is 37.0 Å². The standard InChI is InChI=1S/C20H22ClNO4/c1-15(20(24)25-2)12-22(13-16-8-4-3-5-9-16)19(23)14-26-18-11-7-6-10-17(18)21/h3-11,15H,12-14H2,1-2H3. The number of esters is 1. The molecule has 0 aliphatic rings. The molecule has 0 aromatic heterocycles. The average Bonchev–Trinajstić information content (AvgIpc) is 2.66. The third-order valence-corrected chi connectivity index (χ3v) is 4.17. The summed E-state index contributed by atoms with van der Waals surface area (Å²) in [4.78, 5) is 26.0. The van der Waals surface area contributed by atoms with Crippen molar-refractivity contribution in [1.29, 1.82) is 0 Å². The van der Waals surface area contributed by atoms with Crippen LogP contribution in [0.25, 0.3) is 0 Å². The third-order valence-electron chi connectivity index (χ3n) is 3.85. The van der Waals surface area contributed by atoms with Crippen molar-refractivity contribution < 1.29 is 19.1 Å². The zero-order valence-electron chi connectivity index (χ0n) is 14.9. The number of benzene rings is 2. The van der Waals surface area contributed by atoms with E-state index in [0.29, 0.717) is 17.3 Å². The van der Waals surface area contributed by atoms with Crippen molar-refractivity contribution >= 4 is 23.5 Å². The van der Waals surface area contributed by atoms with Crippen molar-refractivity contribution in [1.82, 2.24) is 4.90 Å². The molecule has 1 unspecified atom stereocenters. The maximum Gasteiger partial charge on any atom is 0.310 e. The number of para-hydroxylation sites is 1. The van der Waals surface area contributed by atoms with Crippen molar-refractivity contribution in [3.63, 3.8) is 0 Å². The van der Waals surface area contributed by atoms with Gasteiger partial charge in [0.1, 0.15) is 5.75 Å². The number of ether oxygens (including phenoxy) is 2. The van der Waals surface area contributed by atoms with Crippen LogP contribution in [0.2, 0.25) is 5.02 Å². The molecule has 138 valence electrons. The minimum Gasteiger partial charge on any atom is -0.482 e. The lowest BCUT2D eigenvalue weighted by molar-refractivity contribution is -0.147. The smallest absolute Gasteiger partial charge is 0.310 e. The Balaban J connectivity index is 2.07. The van der Waals surface area contributed by atoms with Gasteiger partial charge in [0.2, 0.25) is 0 Å². The summed E-state index contributed by atoms with van der Waals surface area (Å²) in [6.45, 7) is 2.19. The maximum absolute atomic E-state index is 12.7. The number of rotatable bonds is 8. The molecule has 6 heteroatoms. The van der Waals surface area contributed by atoms with Crippen molar-refractivity contribution in [2.24, 2.45) is 5.92 Å². The van der Waals surface area contributed by atoms with E-state index in [1.165, 1.54) is 7.11 Å². The zero-order chi connectivity index (χ0) is 18.9. The van der Waals surface area contributed by atoms with Crippen LogP contribution >= 0.6 is 11.6 Å². The molecule has 0 saturated heterocycles. The van der Waals surface area contributed by atoms with Gasteiger partial charge in [-0.05, 0) is 17.7 Å². The summed E-state index contributed by atoms with van der Waals surface area (Å²) in [5.74, 6) is -0.580. The maximum atomic E-state index is 12.7. The fourth-order valence-corrected chi connectivity index (χ4v) is 2.65. The summed E-state index contributed by atoms with van der Waals surface area (Å²) in [5.41, 5.74) is 0.968. The Morgan fingerprint density at radius 2 is 1.73 bits per heavy atom. The lowest BCUT2D eigenvalue weighted by Crippen LogP contribution is -2.39. The molecule has 2 aromatic rings. The zero-order valence-corrected chi connectivity index (χ0v) is 15.6. The molecule has 2 rings (SSSR count). The van der Waals surface area contributed by atoms with Gasteiger partial charge in [0.25, 0.3) is 5.91 Å².